The summed E-state index contributed by atoms with van der Waals surface area (Å²) in [5.74, 6) is -2.17. The number of aryl methyl sites for hydroxylation is 2. The minimum Gasteiger partial charge on any atom is -0.545 e. The zero-order chi connectivity index (χ0) is 27.8. The third-order valence-electron chi connectivity index (χ3n) is 6.96. The van der Waals surface area contributed by atoms with Gasteiger partial charge in [0.05, 0.1) is 11.9 Å². The molecule has 212 valence electrons. The first kappa shape index (κ1) is 37.0. The van der Waals surface area contributed by atoms with E-state index in [0.717, 1.165) is 36.8 Å². The van der Waals surface area contributed by atoms with Gasteiger partial charge in [0.15, 0.2) is 0 Å². The molecule has 0 unspecified atom stereocenters. The van der Waals surface area contributed by atoms with Gasteiger partial charge in [0.25, 0.3) is 0 Å². The Morgan fingerprint density at radius 3 is 1.13 bits per heavy atom. The van der Waals surface area contributed by atoms with Crippen molar-refractivity contribution < 1.29 is 39.3 Å². The van der Waals surface area contributed by atoms with Crippen LogP contribution in [0.2, 0.25) is 0 Å². The van der Waals surface area contributed by atoms with Crippen LogP contribution in [0.25, 0.3) is 0 Å². The molecule has 0 saturated carbocycles. The number of carboxylic acid groups (broad SMARTS) is 2. The molecule has 0 heterocycles. The first-order valence-corrected chi connectivity index (χ1v) is 15.1. The Bertz CT molecular complexity index is 823. The van der Waals surface area contributed by atoms with Crippen LogP contribution in [0.5, 0.6) is 0 Å². The molecule has 0 amide bonds. The Kier molecular flexibility index (Phi) is 23.7. The predicted octanol–water partition coefficient (Wildman–Crippen LogP) is 7.46. The summed E-state index contributed by atoms with van der Waals surface area (Å²) in [6.07, 6.45) is 22.7. The first-order valence-electron chi connectivity index (χ1n) is 15.1. The number of benzene rings is 2. The molecule has 0 spiro atoms. The third kappa shape index (κ3) is 19.7. The van der Waals surface area contributed by atoms with Crippen LogP contribution in [-0.2, 0) is 32.3 Å². The molecule has 0 aliphatic carbocycles. The van der Waals surface area contributed by atoms with Crippen LogP contribution in [0.3, 0.4) is 0 Å². The molecular weight excluding hydrogens is 538 g/mol. The topological polar surface area (TPSA) is 80.3 Å². The fourth-order valence-electron chi connectivity index (χ4n) is 4.63. The molecule has 5 heteroatoms. The normalized spacial score (nSPS) is 10.3. The van der Waals surface area contributed by atoms with E-state index in [9.17, 15) is 19.8 Å². The summed E-state index contributed by atoms with van der Waals surface area (Å²) in [5.41, 5.74) is 2.79. The second-order valence-electron chi connectivity index (χ2n) is 10.4. The molecule has 2 rings (SSSR count). The first-order chi connectivity index (χ1) is 18.5. The van der Waals surface area contributed by atoms with E-state index in [-0.39, 0.29) is 30.6 Å². The van der Waals surface area contributed by atoms with Gasteiger partial charge in [-0.15, -0.1) is 0 Å². The summed E-state index contributed by atoms with van der Waals surface area (Å²) >= 11 is 0. The summed E-state index contributed by atoms with van der Waals surface area (Å²) in [4.78, 5) is 21.5. The van der Waals surface area contributed by atoms with Crippen LogP contribution in [0.1, 0.15) is 148 Å². The Balaban J connectivity index is 0.000000722. The maximum absolute atomic E-state index is 10.7. The van der Waals surface area contributed by atoms with E-state index in [1.807, 2.05) is 12.1 Å². The van der Waals surface area contributed by atoms with Gasteiger partial charge in [-0.1, -0.05) is 140 Å². The van der Waals surface area contributed by atoms with Crippen LogP contribution in [-0.4, -0.2) is 11.9 Å². The van der Waals surface area contributed by atoms with Gasteiger partial charge in [0, 0.05) is 0 Å². The van der Waals surface area contributed by atoms with Gasteiger partial charge >= 0.3 is 19.5 Å². The summed E-state index contributed by atoms with van der Waals surface area (Å²) < 4.78 is 0. The number of hydrogen-bond donors (Lipinski definition) is 0. The van der Waals surface area contributed by atoms with E-state index in [1.54, 1.807) is 36.4 Å². The quantitative estimate of drug-likeness (QED) is 0.119. The van der Waals surface area contributed by atoms with Crippen LogP contribution < -0.4 is 10.2 Å². The molecule has 0 atom stereocenters. The van der Waals surface area contributed by atoms with Crippen molar-refractivity contribution in [3.63, 3.8) is 0 Å². The van der Waals surface area contributed by atoms with E-state index in [4.69, 9.17) is 0 Å². The summed E-state index contributed by atoms with van der Waals surface area (Å²) in [7, 11) is 0. The molecule has 2 aromatic rings. The SMILES string of the molecule is CCCCCCCCCCc1cccc(C(=O)[O-])c1.CCCCCCCCCCc1cccc(C(=O)[O-])c1.[Zn+2]. The summed E-state index contributed by atoms with van der Waals surface area (Å²) in [6.45, 7) is 4.47. The fourth-order valence-corrected chi connectivity index (χ4v) is 4.63. The Hall–Kier alpha value is -2.00. The van der Waals surface area contributed by atoms with Crippen LogP contribution >= 0.6 is 0 Å². The molecule has 2 aromatic carbocycles. The van der Waals surface area contributed by atoms with E-state index in [0.29, 0.717) is 0 Å². The van der Waals surface area contributed by atoms with Crippen LogP contribution in [0, 0.1) is 0 Å². The number of carbonyl (C=O) groups is 2. The zero-order valence-corrected chi connectivity index (χ0v) is 27.7. The molecule has 0 aliphatic heterocycles. The van der Waals surface area contributed by atoms with Crippen molar-refractivity contribution in [2.75, 3.05) is 0 Å². The molecule has 0 aliphatic rings. The van der Waals surface area contributed by atoms with Gasteiger partial charge in [0.2, 0.25) is 0 Å². The van der Waals surface area contributed by atoms with Crippen molar-refractivity contribution in [3.8, 4) is 0 Å². The Morgan fingerprint density at radius 2 is 0.821 bits per heavy atom. The molecule has 39 heavy (non-hydrogen) atoms. The van der Waals surface area contributed by atoms with Crippen LogP contribution in [0.4, 0.5) is 0 Å². The molecule has 0 aromatic heterocycles. The molecule has 0 fully saturated rings. The Labute approximate surface area is 250 Å². The van der Waals surface area contributed by atoms with E-state index < -0.39 is 11.9 Å². The zero-order valence-electron chi connectivity index (χ0n) is 24.7. The predicted molar refractivity (Wildman–Crippen MR) is 154 cm³/mol. The number of aromatic carboxylic acids is 2. The molecular formula is C34H50O4Zn. The fraction of sp³-hybridized carbons (Fsp3) is 0.588. The summed E-state index contributed by atoms with van der Waals surface area (Å²) in [6, 6.07) is 14.2. The van der Waals surface area contributed by atoms with Gasteiger partial charge in [-0.2, -0.15) is 0 Å². The molecule has 0 N–H and O–H groups in total. The summed E-state index contributed by atoms with van der Waals surface area (Å²) in [5, 5.41) is 21.5. The molecule has 0 saturated heterocycles. The standard InChI is InChI=1S/2C17H26O2.Zn/c2*1-2-3-4-5-6-7-8-9-11-15-12-10-13-16(14-15)17(18)19;/h2*10,12-14H,2-9,11H2,1H3,(H,18,19);/q;;+2/p-2. The largest absolute Gasteiger partial charge is 2.00 e. The average Bonchev–Trinajstić information content (AvgIpc) is 2.92. The van der Waals surface area contributed by atoms with Crippen molar-refractivity contribution in [2.45, 2.75) is 129 Å². The number of carboxylic acids is 2. The third-order valence-corrected chi connectivity index (χ3v) is 6.96. The minimum atomic E-state index is -1.09. The van der Waals surface area contributed by atoms with Gasteiger partial charge in [-0.05, 0) is 60.1 Å². The maximum atomic E-state index is 10.7. The second kappa shape index (κ2) is 25.0. The number of unbranched alkanes of at least 4 members (excludes halogenated alkanes) is 14. The van der Waals surface area contributed by atoms with Crippen molar-refractivity contribution >= 4 is 11.9 Å². The van der Waals surface area contributed by atoms with Crippen molar-refractivity contribution in [1.82, 2.24) is 0 Å². The minimum absolute atomic E-state index is 0. The number of hydrogen-bond acceptors (Lipinski definition) is 4. The van der Waals surface area contributed by atoms with Crippen molar-refractivity contribution in [3.05, 3.63) is 70.8 Å². The van der Waals surface area contributed by atoms with E-state index >= 15 is 0 Å². The van der Waals surface area contributed by atoms with Crippen molar-refractivity contribution in [1.29, 1.82) is 0 Å². The van der Waals surface area contributed by atoms with Crippen molar-refractivity contribution in [2.24, 2.45) is 0 Å². The maximum Gasteiger partial charge on any atom is 2.00 e. The molecule has 4 nitrogen and oxygen atoms in total. The van der Waals surface area contributed by atoms with E-state index in [1.165, 1.54) is 89.9 Å². The molecule has 0 radical (unpaired) electrons. The van der Waals surface area contributed by atoms with E-state index in [2.05, 4.69) is 13.8 Å². The monoisotopic (exact) mass is 586 g/mol. The number of carbonyl (C=O) groups excluding carboxylic acids is 2. The number of rotatable bonds is 20. The van der Waals surface area contributed by atoms with Crippen LogP contribution in [0.15, 0.2) is 48.5 Å². The molecule has 0 bridgehead atoms. The van der Waals surface area contributed by atoms with Gasteiger partial charge in [-0.3, -0.25) is 0 Å². The smallest absolute Gasteiger partial charge is 0.545 e. The van der Waals surface area contributed by atoms with Gasteiger partial charge in [-0.25, -0.2) is 0 Å². The average molecular weight is 588 g/mol. The van der Waals surface area contributed by atoms with Gasteiger partial charge in [0.1, 0.15) is 0 Å². The second-order valence-corrected chi connectivity index (χ2v) is 10.4. The van der Waals surface area contributed by atoms with Gasteiger partial charge < -0.3 is 19.8 Å². The Morgan fingerprint density at radius 1 is 0.513 bits per heavy atom.